The highest BCUT2D eigenvalue weighted by Crippen LogP contribution is 2.27. The highest BCUT2D eigenvalue weighted by Gasteiger charge is 2.09. The Balaban J connectivity index is 1.90. The number of methoxy groups -OCH3 is 1. The summed E-state index contributed by atoms with van der Waals surface area (Å²) in [5.41, 5.74) is 4.70. The van der Waals surface area contributed by atoms with Gasteiger partial charge in [-0.05, 0) is 36.8 Å². The number of benzene rings is 2. The smallest absolute Gasteiger partial charge is 0.276 e. The maximum Gasteiger partial charge on any atom is 0.276 e. The molecule has 0 aromatic heterocycles. The van der Waals surface area contributed by atoms with Crippen LogP contribution in [-0.2, 0) is 4.79 Å². The van der Waals surface area contributed by atoms with Crippen molar-refractivity contribution in [2.45, 2.75) is 6.92 Å². The molecule has 0 aliphatic carbocycles. The summed E-state index contributed by atoms with van der Waals surface area (Å²) in [6, 6.07) is 15.1. The minimum absolute atomic E-state index is 0.0867. The fourth-order valence-corrected chi connectivity index (χ4v) is 1.97. The van der Waals surface area contributed by atoms with Crippen molar-refractivity contribution in [3.8, 4) is 11.5 Å². The first-order valence-electron chi connectivity index (χ1n) is 6.96. The number of rotatable bonds is 6. The van der Waals surface area contributed by atoms with Crippen LogP contribution in [0.3, 0.4) is 0 Å². The van der Waals surface area contributed by atoms with Crippen molar-refractivity contribution < 1.29 is 14.3 Å². The predicted molar refractivity (Wildman–Crippen MR) is 86.2 cm³/mol. The summed E-state index contributed by atoms with van der Waals surface area (Å²) in [6.07, 6.45) is 0. The molecule has 0 saturated carbocycles. The molecule has 0 radical (unpaired) electrons. The van der Waals surface area contributed by atoms with Crippen molar-refractivity contribution in [1.82, 2.24) is 5.43 Å². The molecule has 0 heterocycles. The second-order valence-electron chi connectivity index (χ2n) is 4.87. The van der Waals surface area contributed by atoms with Gasteiger partial charge >= 0.3 is 0 Å². The van der Waals surface area contributed by atoms with E-state index in [9.17, 15) is 4.79 Å². The molecule has 2 aromatic carbocycles. The molecule has 5 heteroatoms. The zero-order valence-corrected chi connectivity index (χ0v) is 13.0. The van der Waals surface area contributed by atoms with E-state index in [4.69, 9.17) is 9.47 Å². The van der Waals surface area contributed by atoms with Crippen LogP contribution < -0.4 is 19.9 Å². The van der Waals surface area contributed by atoms with Gasteiger partial charge in [0.2, 0.25) is 0 Å². The molecule has 0 aliphatic rings. The van der Waals surface area contributed by atoms with E-state index in [0.29, 0.717) is 11.5 Å². The lowest BCUT2D eigenvalue weighted by atomic mass is 10.2. The summed E-state index contributed by atoms with van der Waals surface area (Å²) < 4.78 is 10.8. The first-order valence-corrected chi connectivity index (χ1v) is 6.96. The molecule has 0 saturated heterocycles. The lowest BCUT2D eigenvalue weighted by Gasteiger charge is -2.20. The van der Waals surface area contributed by atoms with Crippen LogP contribution in [-0.4, -0.2) is 26.7 Å². The highest BCUT2D eigenvalue weighted by molar-refractivity contribution is 5.79. The van der Waals surface area contributed by atoms with E-state index < -0.39 is 0 Å². The van der Waals surface area contributed by atoms with Crippen LogP contribution >= 0.6 is 0 Å². The number of carbonyl (C=O) groups is 1. The van der Waals surface area contributed by atoms with Crippen LogP contribution in [0.2, 0.25) is 0 Å². The molecule has 116 valence electrons. The molecule has 0 fully saturated rings. The lowest BCUT2D eigenvalue weighted by molar-refractivity contribution is -0.123. The standard InChI is InChI=1S/C17H20N2O3/c1-13-9-10-15(16(11-13)21-3)22-12-17(20)18-19(2)14-7-5-4-6-8-14/h4-11H,12H2,1-3H3,(H,18,20). The fourth-order valence-electron chi connectivity index (χ4n) is 1.97. The Morgan fingerprint density at radius 1 is 1.14 bits per heavy atom. The fraction of sp³-hybridized carbons (Fsp3) is 0.235. The normalized spacial score (nSPS) is 9.95. The van der Waals surface area contributed by atoms with E-state index in [2.05, 4.69) is 5.43 Å². The van der Waals surface area contributed by atoms with Crippen LogP contribution in [0.15, 0.2) is 48.5 Å². The van der Waals surface area contributed by atoms with Gasteiger partial charge in [-0.1, -0.05) is 24.3 Å². The number of anilines is 1. The summed E-state index contributed by atoms with van der Waals surface area (Å²) in [5, 5.41) is 1.65. The molecule has 2 rings (SSSR count). The van der Waals surface area contributed by atoms with Gasteiger partial charge in [-0.15, -0.1) is 0 Å². The van der Waals surface area contributed by atoms with E-state index in [0.717, 1.165) is 11.3 Å². The van der Waals surface area contributed by atoms with Gasteiger partial charge in [-0.2, -0.15) is 0 Å². The number of ether oxygens (including phenoxy) is 2. The van der Waals surface area contributed by atoms with Crippen molar-refractivity contribution in [2.24, 2.45) is 0 Å². The van der Waals surface area contributed by atoms with Crippen LogP contribution in [0.4, 0.5) is 5.69 Å². The third-order valence-electron chi connectivity index (χ3n) is 3.11. The number of hydrazine groups is 1. The van der Waals surface area contributed by atoms with Crippen molar-refractivity contribution in [1.29, 1.82) is 0 Å². The third kappa shape index (κ3) is 4.15. The van der Waals surface area contributed by atoms with E-state index in [1.54, 1.807) is 25.2 Å². The molecule has 1 N–H and O–H groups in total. The van der Waals surface area contributed by atoms with E-state index >= 15 is 0 Å². The maximum absolute atomic E-state index is 11.9. The topological polar surface area (TPSA) is 50.8 Å². The first-order chi connectivity index (χ1) is 10.6. The molecule has 0 spiro atoms. The molecular weight excluding hydrogens is 280 g/mol. The van der Waals surface area contributed by atoms with Gasteiger partial charge in [0.15, 0.2) is 18.1 Å². The Hall–Kier alpha value is -2.69. The molecule has 22 heavy (non-hydrogen) atoms. The van der Waals surface area contributed by atoms with Crippen molar-refractivity contribution in [2.75, 3.05) is 25.8 Å². The minimum Gasteiger partial charge on any atom is -0.493 e. The first kappa shape index (κ1) is 15.7. The summed E-state index contributed by atoms with van der Waals surface area (Å²) in [6.45, 7) is 1.88. The summed E-state index contributed by atoms with van der Waals surface area (Å²) in [7, 11) is 3.35. The Labute approximate surface area is 130 Å². The van der Waals surface area contributed by atoms with E-state index in [1.807, 2.05) is 49.4 Å². The van der Waals surface area contributed by atoms with Crippen LogP contribution in [0, 0.1) is 6.92 Å². The van der Waals surface area contributed by atoms with Gasteiger partial charge in [-0.25, -0.2) is 0 Å². The zero-order chi connectivity index (χ0) is 15.9. The van der Waals surface area contributed by atoms with Gasteiger partial charge in [-0.3, -0.25) is 15.2 Å². The number of amides is 1. The minimum atomic E-state index is -0.242. The SMILES string of the molecule is COc1cc(C)ccc1OCC(=O)NN(C)c1ccccc1. The quantitative estimate of drug-likeness (QED) is 0.833. The maximum atomic E-state index is 11.9. The molecule has 0 unspecified atom stereocenters. The van der Waals surface area contributed by atoms with Crippen molar-refractivity contribution in [3.05, 3.63) is 54.1 Å². The number of hydrogen-bond donors (Lipinski definition) is 1. The molecule has 0 bridgehead atoms. The average Bonchev–Trinajstić information content (AvgIpc) is 2.54. The van der Waals surface area contributed by atoms with Gasteiger partial charge < -0.3 is 9.47 Å². The number of hydrogen-bond acceptors (Lipinski definition) is 4. The predicted octanol–water partition coefficient (Wildman–Crippen LogP) is 2.55. The molecule has 1 amide bonds. The molecule has 0 atom stereocenters. The Morgan fingerprint density at radius 2 is 1.86 bits per heavy atom. The molecule has 0 aliphatic heterocycles. The highest BCUT2D eigenvalue weighted by atomic mass is 16.5. The van der Waals surface area contributed by atoms with Crippen molar-refractivity contribution in [3.63, 3.8) is 0 Å². The second kappa shape index (κ2) is 7.36. The van der Waals surface area contributed by atoms with Gasteiger partial charge in [0.25, 0.3) is 5.91 Å². The second-order valence-corrected chi connectivity index (χ2v) is 4.87. The van der Waals surface area contributed by atoms with E-state index in [1.165, 1.54) is 0 Å². The summed E-state index contributed by atoms with van der Waals surface area (Å²) in [4.78, 5) is 11.9. The van der Waals surface area contributed by atoms with Crippen LogP contribution in [0.5, 0.6) is 11.5 Å². The van der Waals surface area contributed by atoms with Crippen LogP contribution in [0.25, 0.3) is 0 Å². The number of carbonyl (C=O) groups excluding carboxylic acids is 1. The molecular formula is C17H20N2O3. The summed E-state index contributed by atoms with van der Waals surface area (Å²) in [5.74, 6) is 0.920. The Morgan fingerprint density at radius 3 is 2.55 bits per heavy atom. The lowest BCUT2D eigenvalue weighted by Crippen LogP contribution is -2.41. The number of aryl methyl sites for hydroxylation is 1. The number of nitrogens with one attached hydrogen (secondary N) is 1. The third-order valence-corrected chi connectivity index (χ3v) is 3.11. The number of para-hydroxylation sites is 1. The van der Waals surface area contributed by atoms with Gasteiger partial charge in [0.05, 0.1) is 12.8 Å². The Bertz CT molecular complexity index is 629. The molecule has 2 aromatic rings. The Kier molecular flexibility index (Phi) is 5.25. The van der Waals surface area contributed by atoms with Gasteiger partial charge in [0.1, 0.15) is 0 Å². The number of nitrogens with zero attached hydrogens (tertiary/aromatic N) is 1. The summed E-state index contributed by atoms with van der Waals surface area (Å²) >= 11 is 0. The molecule has 5 nitrogen and oxygen atoms in total. The largest absolute Gasteiger partial charge is 0.493 e. The van der Waals surface area contributed by atoms with E-state index in [-0.39, 0.29) is 12.5 Å². The van der Waals surface area contributed by atoms with Crippen LogP contribution in [0.1, 0.15) is 5.56 Å². The zero-order valence-electron chi connectivity index (χ0n) is 13.0. The average molecular weight is 300 g/mol. The van der Waals surface area contributed by atoms with Crippen molar-refractivity contribution >= 4 is 11.6 Å². The monoisotopic (exact) mass is 300 g/mol. The van der Waals surface area contributed by atoms with Gasteiger partial charge in [0, 0.05) is 7.05 Å².